The van der Waals surface area contributed by atoms with Crippen LogP contribution < -0.4 is 5.73 Å². The zero-order valence-corrected chi connectivity index (χ0v) is 9.89. The number of unbranched alkanes of at least 4 members (excludes halogenated alkanes) is 1. The molecule has 82 valence electrons. The van der Waals surface area contributed by atoms with E-state index >= 15 is 0 Å². The minimum Gasteiger partial charge on any atom is -0.323 e. The van der Waals surface area contributed by atoms with Crippen molar-refractivity contribution in [3.8, 4) is 12.3 Å². The Hall–Kier alpha value is -0.920. The van der Waals surface area contributed by atoms with Crippen LogP contribution in [0.15, 0.2) is 0 Å². The predicted octanol–water partition coefficient (Wildman–Crippen LogP) is 2.29. The summed E-state index contributed by atoms with van der Waals surface area (Å²) in [4.78, 5) is 1.13. The summed E-state index contributed by atoms with van der Waals surface area (Å²) in [6.45, 7) is 2.13. The highest BCUT2D eigenvalue weighted by Crippen LogP contribution is 2.23. The molecule has 3 nitrogen and oxygen atoms in total. The van der Waals surface area contributed by atoms with Gasteiger partial charge in [-0.1, -0.05) is 17.8 Å². The maximum Gasteiger partial charge on any atom is 0.0803 e. The van der Waals surface area contributed by atoms with Crippen molar-refractivity contribution in [1.29, 1.82) is 0 Å². The third-order valence-corrected chi connectivity index (χ3v) is 3.14. The maximum atomic E-state index is 6.07. The number of hydrogen-bond acceptors (Lipinski definition) is 4. The fourth-order valence-corrected chi connectivity index (χ4v) is 2.19. The van der Waals surface area contributed by atoms with Gasteiger partial charge in [-0.2, -0.15) is 0 Å². The molecule has 1 heterocycles. The Morgan fingerprint density at radius 1 is 1.60 bits per heavy atom. The fraction of sp³-hybridized carbons (Fsp3) is 0.636. The first-order chi connectivity index (χ1) is 7.29. The minimum absolute atomic E-state index is 0.0555. The Morgan fingerprint density at radius 2 is 2.40 bits per heavy atom. The number of hydrogen-bond donors (Lipinski definition) is 1. The molecule has 0 aromatic carbocycles. The highest BCUT2D eigenvalue weighted by atomic mass is 32.1. The lowest BCUT2D eigenvalue weighted by Gasteiger charge is -2.08. The maximum absolute atomic E-state index is 6.07. The summed E-state index contributed by atoms with van der Waals surface area (Å²) in [5, 5.41) is 4.10. The molecule has 0 aliphatic carbocycles. The Kier molecular flexibility index (Phi) is 5.30. The smallest absolute Gasteiger partial charge is 0.0803 e. The van der Waals surface area contributed by atoms with Crippen LogP contribution in [0.2, 0.25) is 0 Å². The quantitative estimate of drug-likeness (QED) is 0.594. The highest BCUT2D eigenvalue weighted by Gasteiger charge is 2.14. The van der Waals surface area contributed by atoms with E-state index in [2.05, 4.69) is 22.4 Å². The van der Waals surface area contributed by atoms with Crippen LogP contribution in [0.1, 0.15) is 49.2 Å². The molecule has 4 heteroatoms. The van der Waals surface area contributed by atoms with Crippen molar-refractivity contribution in [2.75, 3.05) is 0 Å². The third-order valence-electron chi connectivity index (χ3n) is 2.24. The summed E-state index contributed by atoms with van der Waals surface area (Å²) >= 11 is 1.42. The van der Waals surface area contributed by atoms with Crippen molar-refractivity contribution in [2.45, 2.75) is 45.1 Å². The van der Waals surface area contributed by atoms with Gasteiger partial charge in [0.2, 0.25) is 0 Å². The SMILES string of the molecule is C#CCCCC(N)c1snnc1CCC. The first kappa shape index (κ1) is 12.2. The zero-order chi connectivity index (χ0) is 11.1. The van der Waals surface area contributed by atoms with Crippen LogP contribution in [-0.2, 0) is 6.42 Å². The van der Waals surface area contributed by atoms with Gasteiger partial charge in [0, 0.05) is 12.5 Å². The Bertz CT molecular complexity index is 327. The molecule has 2 N–H and O–H groups in total. The highest BCUT2D eigenvalue weighted by molar-refractivity contribution is 7.05. The van der Waals surface area contributed by atoms with E-state index < -0.39 is 0 Å². The Balaban J connectivity index is 2.53. The molecule has 1 aromatic rings. The fourth-order valence-electron chi connectivity index (χ4n) is 1.46. The minimum atomic E-state index is 0.0555. The van der Waals surface area contributed by atoms with E-state index in [4.69, 9.17) is 12.2 Å². The molecular formula is C11H17N3S. The summed E-state index contributed by atoms with van der Waals surface area (Å²) in [5.41, 5.74) is 7.14. The van der Waals surface area contributed by atoms with Gasteiger partial charge in [-0.3, -0.25) is 0 Å². The third kappa shape index (κ3) is 3.61. The molecule has 1 aromatic heterocycles. The Labute approximate surface area is 95.2 Å². The second kappa shape index (κ2) is 6.54. The molecule has 15 heavy (non-hydrogen) atoms. The van der Waals surface area contributed by atoms with Gasteiger partial charge in [0.15, 0.2) is 0 Å². The summed E-state index contributed by atoms with van der Waals surface area (Å²) in [5.74, 6) is 2.62. The lowest BCUT2D eigenvalue weighted by Crippen LogP contribution is -2.10. The van der Waals surface area contributed by atoms with Crippen LogP contribution in [0.4, 0.5) is 0 Å². The number of nitrogens with two attached hydrogens (primary N) is 1. The molecule has 0 bridgehead atoms. The lowest BCUT2D eigenvalue weighted by molar-refractivity contribution is 0.621. The molecule has 0 radical (unpaired) electrons. The summed E-state index contributed by atoms with van der Waals surface area (Å²) in [7, 11) is 0. The van der Waals surface area contributed by atoms with Gasteiger partial charge in [-0.15, -0.1) is 17.4 Å². The monoisotopic (exact) mass is 223 g/mol. The van der Waals surface area contributed by atoms with Crippen molar-refractivity contribution < 1.29 is 0 Å². The number of aryl methyl sites for hydroxylation is 1. The zero-order valence-electron chi connectivity index (χ0n) is 9.07. The van der Waals surface area contributed by atoms with Gasteiger partial charge < -0.3 is 5.73 Å². The van der Waals surface area contributed by atoms with E-state index in [0.717, 1.165) is 42.7 Å². The normalized spacial score (nSPS) is 12.3. The number of nitrogens with zero attached hydrogens (tertiary/aromatic N) is 2. The predicted molar refractivity (Wildman–Crippen MR) is 63.5 cm³/mol. The van der Waals surface area contributed by atoms with Crippen molar-refractivity contribution >= 4 is 11.5 Å². The van der Waals surface area contributed by atoms with Crippen LogP contribution in [0.3, 0.4) is 0 Å². The number of rotatable bonds is 6. The average Bonchev–Trinajstić information content (AvgIpc) is 2.67. The first-order valence-electron chi connectivity index (χ1n) is 5.29. The molecular weight excluding hydrogens is 206 g/mol. The van der Waals surface area contributed by atoms with E-state index in [1.807, 2.05) is 0 Å². The Morgan fingerprint density at radius 3 is 3.07 bits per heavy atom. The van der Waals surface area contributed by atoms with Crippen LogP contribution in [0.25, 0.3) is 0 Å². The molecule has 0 saturated carbocycles. The molecule has 0 spiro atoms. The van der Waals surface area contributed by atoms with E-state index in [1.165, 1.54) is 11.5 Å². The van der Waals surface area contributed by atoms with Crippen LogP contribution >= 0.6 is 11.5 Å². The topological polar surface area (TPSA) is 51.8 Å². The summed E-state index contributed by atoms with van der Waals surface area (Å²) < 4.78 is 3.96. The van der Waals surface area contributed by atoms with Gasteiger partial charge >= 0.3 is 0 Å². The van der Waals surface area contributed by atoms with Gasteiger partial charge in [-0.25, -0.2) is 0 Å². The average molecular weight is 223 g/mol. The van der Waals surface area contributed by atoms with E-state index in [1.54, 1.807) is 0 Å². The van der Waals surface area contributed by atoms with E-state index in [0.29, 0.717) is 0 Å². The second-order valence-electron chi connectivity index (χ2n) is 3.54. The molecule has 0 amide bonds. The largest absolute Gasteiger partial charge is 0.323 e. The van der Waals surface area contributed by atoms with Crippen molar-refractivity contribution in [2.24, 2.45) is 5.73 Å². The molecule has 0 aliphatic rings. The van der Waals surface area contributed by atoms with Crippen molar-refractivity contribution in [3.63, 3.8) is 0 Å². The van der Waals surface area contributed by atoms with Crippen molar-refractivity contribution in [1.82, 2.24) is 9.59 Å². The standard InChI is InChI=1S/C11H17N3S/c1-3-5-6-8-9(12)11-10(7-4-2)13-14-15-11/h1,9H,4-8,12H2,2H3. The number of terminal acetylenes is 1. The van der Waals surface area contributed by atoms with E-state index in [9.17, 15) is 0 Å². The molecule has 1 rings (SSSR count). The second-order valence-corrected chi connectivity index (χ2v) is 4.32. The molecule has 0 saturated heterocycles. The van der Waals surface area contributed by atoms with Crippen LogP contribution in [0.5, 0.6) is 0 Å². The molecule has 1 atom stereocenters. The van der Waals surface area contributed by atoms with Crippen LogP contribution in [0, 0.1) is 12.3 Å². The van der Waals surface area contributed by atoms with Crippen LogP contribution in [-0.4, -0.2) is 9.59 Å². The van der Waals surface area contributed by atoms with Gasteiger partial charge in [-0.05, 0) is 30.8 Å². The van der Waals surface area contributed by atoms with Crippen molar-refractivity contribution in [3.05, 3.63) is 10.6 Å². The lowest BCUT2D eigenvalue weighted by atomic mass is 10.1. The molecule has 1 unspecified atom stereocenters. The van der Waals surface area contributed by atoms with Gasteiger partial charge in [0.25, 0.3) is 0 Å². The number of aromatic nitrogens is 2. The van der Waals surface area contributed by atoms with E-state index in [-0.39, 0.29) is 6.04 Å². The van der Waals surface area contributed by atoms with Gasteiger partial charge in [0.05, 0.1) is 10.6 Å². The molecule has 0 aliphatic heterocycles. The molecule has 0 fully saturated rings. The summed E-state index contributed by atoms with van der Waals surface area (Å²) in [6, 6.07) is 0.0555. The van der Waals surface area contributed by atoms with Gasteiger partial charge in [0.1, 0.15) is 0 Å². The summed E-state index contributed by atoms with van der Waals surface area (Å²) in [6.07, 6.45) is 9.93. The first-order valence-corrected chi connectivity index (χ1v) is 6.07.